The van der Waals surface area contributed by atoms with E-state index in [0.29, 0.717) is 18.4 Å². The SMILES string of the molecule is CC(C)=CCCC(C)CCOC(=O)CC(O)C(=O)OCCC(C)CCC=C(C)C. The van der Waals surface area contributed by atoms with Crippen molar-refractivity contribution in [2.45, 2.75) is 92.6 Å². The third-order valence-corrected chi connectivity index (χ3v) is 4.78. The molecule has 0 spiro atoms. The number of allylic oxidation sites excluding steroid dienone is 4. The Kier molecular flexibility index (Phi) is 15.3. The number of aliphatic hydroxyl groups excluding tert-OH is 1. The van der Waals surface area contributed by atoms with Gasteiger partial charge < -0.3 is 14.6 Å². The van der Waals surface area contributed by atoms with Crippen LogP contribution in [0.4, 0.5) is 0 Å². The van der Waals surface area contributed by atoms with E-state index in [-0.39, 0.29) is 13.0 Å². The number of esters is 2. The topological polar surface area (TPSA) is 72.8 Å². The second-order valence-corrected chi connectivity index (χ2v) is 8.61. The van der Waals surface area contributed by atoms with Crippen LogP contribution in [0.1, 0.15) is 86.5 Å². The molecule has 0 saturated heterocycles. The number of aliphatic hydroxyl groups is 1. The Bertz CT molecular complexity index is 527. The van der Waals surface area contributed by atoms with E-state index in [1.54, 1.807) is 0 Å². The van der Waals surface area contributed by atoms with E-state index >= 15 is 0 Å². The van der Waals surface area contributed by atoms with Gasteiger partial charge in [-0.3, -0.25) is 4.79 Å². The maximum atomic E-state index is 11.8. The maximum Gasteiger partial charge on any atom is 0.335 e. The Labute approximate surface area is 177 Å². The average Bonchev–Trinajstić information content (AvgIpc) is 2.60. The minimum absolute atomic E-state index is 0.254. The Morgan fingerprint density at radius 1 is 0.793 bits per heavy atom. The van der Waals surface area contributed by atoms with Gasteiger partial charge in [-0.25, -0.2) is 4.79 Å². The van der Waals surface area contributed by atoms with Crippen LogP contribution < -0.4 is 0 Å². The van der Waals surface area contributed by atoms with Crippen LogP contribution in [0, 0.1) is 11.8 Å². The van der Waals surface area contributed by atoms with Gasteiger partial charge in [0.1, 0.15) is 0 Å². The van der Waals surface area contributed by atoms with E-state index in [4.69, 9.17) is 9.47 Å². The van der Waals surface area contributed by atoms with Crippen molar-refractivity contribution in [3.8, 4) is 0 Å². The number of hydrogen-bond acceptors (Lipinski definition) is 5. The van der Waals surface area contributed by atoms with Crippen LogP contribution in [-0.4, -0.2) is 36.4 Å². The van der Waals surface area contributed by atoms with Gasteiger partial charge in [-0.1, -0.05) is 37.1 Å². The molecule has 0 heterocycles. The van der Waals surface area contributed by atoms with Crippen LogP contribution in [0.2, 0.25) is 0 Å². The Morgan fingerprint density at radius 3 is 1.69 bits per heavy atom. The van der Waals surface area contributed by atoms with E-state index in [9.17, 15) is 14.7 Å². The van der Waals surface area contributed by atoms with Crippen LogP contribution >= 0.6 is 0 Å². The first kappa shape index (κ1) is 27.4. The van der Waals surface area contributed by atoms with Gasteiger partial charge in [0.05, 0.1) is 19.6 Å². The average molecular weight is 411 g/mol. The molecule has 0 aliphatic rings. The molecular weight excluding hydrogens is 368 g/mol. The third kappa shape index (κ3) is 17.0. The lowest BCUT2D eigenvalue weighted by Crippen LogP contribution is -2.27. The van der Waals surface area contributed by atoms with Crippen molar-refractivity contribution in [3.05, 3.63) is 23.3 Å². The number of ether oxygens (including phenoxy) is 2. The normalized spacial score (nSPS) is 13.8. The van der Waals surface area contributed by atoms with E-state index in [1.165, 1.54) is 11.1 Å². The molecule has 5 nitrogen and oxygen atoms in total. The maximum absolute atomic E-state index is 11.8. The molecule has 0 aliphatic heterocycles. The summed E-state index contributed by atoms with van der Waals surface area (Å²) in [5.41, 5.74) is 2.61. The van der Waals surface area contributed by atoms with Crippen molar-refractivity contribution >= 4 is 11.9 Å². The summed E-state index contributed by atoms with van der Waals surface area (Å²) in [5.74, 6) is -0.444. The lowest BCUT2D eigenvalue weighted by molar-refractivity contribution is -0.160. The number of carbonyl (C=O) groups is 2. The molecule has 29 heavy (non-hydrogen) atoms. The Morgan fingerprint density at radius 2 is 1.24 bits per heavy atom. The van der Waals surface area contributed by atoms with Gasteiger partial charge in [0.15, 0.2) is 6.10 Å². The van der Waals surface area contributed by atoms with Crippen molar-refractivity contribution in [3.63, 3.8) is 0 Å². The summed E-state index contributed by atoms with van der Waals surface area (Å²) < 4.78 is 10.2. The molecule has 3 atom stereocenters. The van der Waals surface area contributed by atoms with E-state index < -0.39 is 18.0 Å². The number of rotatable bonds is 15. The Balaban J connectivity index is 3.91. The first-order valence-corrected chi connectivity index (χ1v) is 10.9. The summed E-state index contributed by atoms with van der Waals surface area (Å²) in [6.45, 7) is 13.1. The summed E-state index contributed by atoms with van der Waals surface area (Å²) in [6, 6.07) is 0. The fourth-order valence-electron chi connectivity index (χ4n) is 2.73. The van der Waals surface area contributed by atoms with Crippen LogP contribution in [-0.2, 0) is 19.1 Å². The molecule has 0 saturated carbocycles. The first-order valence-electron chi connectivity index (χ1n) is 10.9. The molecule has 3 unspecified atom stereocenters. The van der Waals surface area contributed by atoms with E-state index in [0.717, 1.165) is 38.5 Å². The van der Waals surface area contributed by atoms with Gasteiger partial charge in [0, 0.05) is 0 Å². The van der Waals surface area contributed by atoms with Gasteiger partial charge >= 0.3 is 11.9 Å². The summed E-state index contributed by atoms with van der Waals surface area (Å²) in [4.78, 5) is 23.6. The van der Waals surface area contributed by atoms with Crippen molar-refractivity contribution in [2.24, 2.45) is 11.8 Å². The van der Waals surface area contributed by atoms with Gasteiger partial charge in [0.25, 0.3) is 0 Å². The van der Waals surface area contributed by atoms with Crippen LogP contribution in [0.25, 0.3) is 0 Å². The van der Waals surface area contributed by atoms with E-state index in [1.807, 2.05) is 0 Å². The van der Waals surface area contributed by atoms with Gasteiger partial charge in [0.2, 0.25) is 0 Å². The molecular formula is C24H42O5. The van der Waals surface area contributed by atoms with E-state index in [2.05, 4.69) is 53.7 Å². The lowest BCUT2D eigenvalue weighted by Gasteiger charge is -2.14. The largest absolute Gasteiger partial charge is 0.466 e. The molecule has 0 aromatic carbocycles. The van der Waals surface area contributed by atoms with Crippen LogP contribution in [0.3, 0.4) is 0 Å². The molecule has 0 aromatic rings. The molecule has 168 valence electrons. The highest BCUT2D eigenvalue weighted by molar-refractivity contribution is 5.81. The van der Waals surface area contributed by atoms with Crippen LogP contribution in [0.15, 0.2) is 23.3 Å². The zero-order chi connectivity index (χ0) is 22.2. The molecule has 0 aromatic heterocycles. The highest BCUT2D eigenvalue weighted by atomic mass is 16.6. The zero-order valence-electron chi connectivity index (χ0n) is 19.3. The van der Waals surface area contributed by atoms with Crippen molar-refractivity contribution in [1.29, 1.82) is 0 Å². The smallest absolute Gasteiger partial charge is 0.335 e. The molecule has 0 bridgehead atoms. The van der Waals surface area contributed by atoms with Crippen molar-refractivity contribution in [1.82, 2.24) is 0 Å². The summed E-state index contributed by atoms with van der Waals surface area (Å²) in [7, 11) is 0. The molecule has 0 amide bonds. The molecule has 0 fully saturated rings. The first-order chi connectivity index (χ1) is 13.6. The number of hydrogen-bond donors (Lipinski definition) is 1. The fraction of sp³-hybridized carbons (Fsp3) is 0.750. The molecule has 0 rings (SSSR count). The zero-order valence-corrected chi connectivity index (χ0v) is 19.3. The molecule has 0 aliphatic carbocycles. The predicted molar refractivity (Wildman–Crippen MR) is 117 cm³/mol. The minimum Gasteiger partial charge on any atom is -0.466 e. The number of carbonyl (C=O) groups excluding carboxylic acids is 2. The van der Waals surface area contributed by atoms with Gasteiger partial charge in [-0.2, -0.15) is 0 Å². The third-order valence-electron chi connectivity index (χ3n) is 4.78. The van der Waals surface area contributed by atoms with Crippen LogP contribution in [0.5, 0.6) is 0 Å². The highest BCUT2D eigenvalue weighted by Gasteiger charge is 2.21. The second-order valence-electron chi connectivity index (χ2n) is 8.61. The minimum atomic E-state index is -1.46. The molecule has 0 radical (unpaired) electrons. The summed E-state index contributed by atoms with van der Waals surface area (Å²) >= 11 is 0. The van der Waals surface area contributed by atoms with Crippen molar-refractivity contribution in [2.75, 3.05) is 13.2 Å². The lowest BCUT2D eigenvalue weighted by atomic mass is 10.0. The standard InChI is InChI=1S/C24H42O5/c1-18(2)9-7-11-20(5)13-15-28-23(26)17-22(25)24(27)29-16-14-21(6)12-8-10-19(3)4/h9-10,20-22,25H,7-8,11-17H2,1-6H3. The van der Waals surface area contributed by atoms with Gasteiger partial charge in [-0.05, 0) is 78.1 Å². The molecule has 5 heteroatoms. The summed E-state index contributed by atoms with van der Waals surface area (Å²) in [6.07, 6.45) is 8.21. The predicted octanol–water partition coefficient (Wildman–Crippen LogP) is 5.37. The fourth-order valence-corrected chi connectivity index (χ4v) is 2.73. The Hall–Kier alpha value is -1.62. The van der Waals surface area contributed by atoms with Gasteiger partial charge in [-0.15, -0.1) is 0 Å². The van der Waals surface area contributed by atoms with Crippen molar-refractivity contribution < 1.29 is 24.2 Å². The molecule has 1 N–H and O–H groups in total. The second kappa shape index (κ2) is 16.2. The summed E-state index contributed by atoms with van der Waals surface area (Å²) in [5, 5.41) is 9.84. The quantitative estimate of drug-likeness (QED) is 0.290. The highest BCUT2D eigenvalue weighted by Crippen LogP contribution is 2.13. The monoisotopic (exact) mass is 410 g/mol.